The fourth-order valence-electron chi connectivity index (χ4n) is 3.12. The number of hydrogen-bond acceptors (Lipinski definition) is 5. The Morgan fingerprint density at radius 3 is 3.09 bits per heavy atom. The van der Waals surface area contributed by atoms with Crippen LogP contribution in [0.3, 0.4) is 0 Å². The summed E-state index contributed by atoms with van der Waals surface area (Å²) in [6.07, 6.45) is 3.43. The Morgan fingerprint density at radius 1 is 1.35 bits per heavy atom. The fourth-order valence-corrected chi connectivity index (χ4v) is 3.12. The summed E-state index contributed by atoms with van der Waals surface area (Å²) >= 11 is 0. The van der Waals surface area contributed by atoms with Crippen molar-refractivity contribution in [3.05, 3.63) is 47.4 Å². The highest BCUT2D eigenvalue weighted by atomic mass is 16.2. The van der Waals surface area contributed by atoms with E-state index < -0.39 is 0 Å². The third-order valence-electron chi connectivity index (χ3n) is 4.26. The lowest BCUT2D eigenvalue weighted by Gasteiger charge is -2.22. The lowest BCUT2D eigenvalue weighted by Crippen LogP contribution is -2.31. The second-order valence-electron chi connectivity index (χ2n) is 5.85. The van der Waals surface area contributed by atoms with E-state index >= 15 is 0 Å². The number of nitrogens with one attached hydrogen (secondary N) is 1. The number of H-pyrrole nitrogens is 1. The Labute approximate surface area is 132 Å². The second kappa shape index (κ2) is 5.42. The number of hydrogen-bond donors (Lipinski definition) is 1. The molecule has 1 amide bonds. The number of carbonyl (C=O) groups excluding carboxylic acids is 1. The Morgan fingerprint density at radius 2 is 2.26 bits per heavy atom. The van der Waals surface area contributed by atoms with Crippen molar-refractivity contribution in [2.45, 2.75) is 25.8 Å². The molecule has 1 saturated heterocycles. The van der Waals surface area contributed by atoms with Gasteiger partial charge in [0.25, 0.3) is 5.91 Å². The van der Waals surface area contributed by atoms with Gasteiger partial charge < -0.3 is 4.90 Å². The van der Waals surface area contributed by atoms with Crippen LogP contribution in [0, 0.1) is 6.92 Å². The second-order valence-corrected chi connectivity index (χ2v) is 5.85. The van der Waals surface area contributed by atoms with Crippen LogP contribution < -0.4 is 0 Å². The van der Waals surface area contributed by atoms with Gasteiger partial charge in [-0.2, -0.15) is 5.21 Å². The molecule has 1 aliphatic heterocycles. The lowest BCUT2D eigenvalue weighted by atomic mass is 10.1. The van der Waals surface area contributed by atoms with E-state index in [4.69, 9.17) is 0 Å². The number of likely N-dealkylation sites (tertiary alicyclic amines) is 1. The highest BCUT2D eigenvalue weighted by molar-refractivity contribution is 5.97. The summed E-state index contributed by atoms with van der Waals surface area (Å²) in [6, 6.07) is 7.82. The largest absolute Gasteiger partial charge is 0.328 e. The van der Waals surface area contributed by atoms with Crippen LogP contribution in [0.4, 0.5) is 0 Å². The summed E-state index contributed by atoms with van der Waals surface area (Å²) in [5.41, 5.74) is 2.64. The van der Waals surface area contributed by atoms with E-state index in [9.17, 15) is 4.79 Å². The van der Waals surface area contributed by atoms with Crippen LogP contribution in [0.1, 0.15) is 40.6 Å². The number of fused-ring (bicyclic) bond motifs is 1. The van der Waals surface area contributed by atoms with E-state index in [1.54, 1.807) is 6.20 Å². The number of carbonyl (C=O) groups is 1. The van der Waals surface area contributed by atoms with Gasteiger partial charge in [-0.05, 0) is 38.0 Å². The van der Waals surface area contributed by atoms with Crippen molar-refractivity contribution in [3.8, 4) is 0 Å². The van der Waals surface area contributed by atoms with E-state index in [1.807, 2.05) is 36.1 Å². The molecule has 4 rings (SSSR count). The highest BCUT2D eigenvalue weighted by Gasteiger charge is 2.33. The van der Waals surface area contributed by atoms with Gasteiger partial charge in [0.05, 0.1) is 17.1 Å². The molecule has 0 aliphatic carbocycles. The lowest BCUT2D eigenvalue weighted by molar-refractivity contribution is 0.0729. The van der Waals surface area contributed by atoms with Crippen molar-refractivity contribution in [3.63, 3.8) is 0 Å². The summed E-state index contributed by atoms with van der Waals surface area (Å²) in [4.78, 5) is 19.1. The third kappa shape index (κ3) is 2.44. The molecule has 0 spiro atoms. The first-order valence-electron chi connectivity index (χ1n) is 7.63. The summed E-state index contributed by atoms with van der Waals surface area (Å²) in [7, 11) is 0. The SMILES string of the molecule is Cc1ccc2ncc(C(=O)N3CCCC3c3nn[nH]n3)cc2c1. The fraction of sp³-hybridized carbons (Fsp3) is 0.312. The molecule has 1 N–H and O–H groups in total. The van der Waals surface area contributed by atoms with E-state index in [0.717, 1.165) is 29.3 Å². The quantitative estimate of drug-likeness (QED) is 0.782. The molecule has 7 nitrogen and oxygen atoms in total. The average Bonchev–Trinajstić information content (AvgIpc) is 3.24. The molecule has 0 saturated carbocycles. The predicted octanol–water partition coefficient (Wildman–Crippen LogP) is 2.03. The van der Waals surface area contributed by atoms with Crippen LogP contribution in [0.25, 0.3) is 10.9 Å². The molecule has 1 unspecified atom stereocenters. The monoisotopic (exact) mass is 308 g/mol. The van der Waals surface area contributed by atoms with Crippen molar-refractivity contribution < 1.29 is 4.79 Å². The van der Waals surface area contributed by atoms with Crippen molar-refractivity contribution in [2.24, 2.45) is 0 Å². The Balaban J connectivity index is 1.68. The van der Waals surface area contributed by atoms with Gasteiger partial charge in [0, 0.05) is 18.1 Å². The standard InChI is InChI=1S/C16H16N6O/c1-10-4-5-13-11(7-10)8-12(9-17-13)16(23)22-6-2-3-14(22)15-18-20-21-19-15/h4-5,7-9,14H,2-3,6H2,1H3,(H,18,19,20,21). The molecule has 1 atom stereocenters. The number of amides is 1. The molecule has 1 aliphatic rings. The molecule has 1 fully saturated rings. The van der Waals surface area contributed by atoms with Gasteiger partial charge in [0.15, 0.2) is 5.82 Å². The first kappa shape index (κ1) is 13.8. The van der Waals surface area contributed by atoms with Crippen molar-refractivity contribution in [1.82, 2.24) is 30.5 Å². The summed E-state index contributed by atoms with van der Waals surface area (Å²) < 4.78 is 0. The van der Waals surface area contributed by atoms with Crippen LogP contribution in [0.5, 0.6) is 0 Å². The first-order valence-corrected chi connectivity index (χ1v) is 7.63. The number of benzene rings is 1. The molecule has 0 radical (unpaired) electrons. The minimum atomic E-state index is -0.116. The molecule has 1 aromatic carbocycles. The molecular weight excluding hydrogens is 292 g/mol. The zero-order chi connectivity index (χ0) is 15.8. The summed E-state index contributed by atoms with van der Waals surface area (Å²) in [6.45, 7) is 2.73. The molecule has 2 aromatic heterocycles. The van der Waals surface area contributed by atoms with E-state index in [-0.39, 0.29) is 11.9 Å². The highest BCUT2D eigenvalue weighted by Crippen LogP contribution is 2.31. The number of tetrazole rings is 1. The van der Waals surface area contributed by atoms with Gasteiger partial charge in [0.1, 0.15) is 0 Å². The average molecular weight is 308 g/mol. The Hall–Kier alpha value is -2.83. The van der Waals surface area contributed by atoms with E-state index in [0.29, 0.717) is 17.9 Å². The topological polar surface area (TPSA) is 87.7 Å². The van der Waals surface area contributed by atoms with E-state index in [2.05, 4.69) is 25.6 Å². The zero-order valence-electron chi connectivity index (χ0n) is 12.7. The smallest absolute Gasteiger partial charge is 0.256 e. The molecule has 3 heterocycles. The van der Waals surface area contributed by atoms with Crippen LogP contribution >= 0.6 is 0 Å². The Kier molecular flexibility index (Phi) is 3.25. The number of nitrogens with zero attached hydrogens (tertiary/aromatic N) is 5. The molecule has 3 aromatic rings. The van der Waals surface area contributed by atoms with Gasteiger partial charge >= 0.3 is 0 Å². The van der Waals surface area contributed by atoms with Gasteiger partial charge in [-0.15, -0.1) is 10.2 Å². The van der Waals surface area contributed by atoms with Crippen LogP contribution in [0.2, 0.25) is 0 Å². The van der Waals surface area contributed by atoms with Gasteiger partial charge in [-0.1, -0.05) is 16.8 Å². The maximum atomic E-state index is 12.9. The zero-order valence-corrected chi connectivity index (χ0v) is 12.7. The van der Waals surface area contributed by atoms with Crippen LogP contribution in [-0.2, 0) is 0 Å². The summed E-state index contributed by atoms with van der Waals surface area (Å²) in [5, 5.41) is 15.1. The molecule has 7 heteroatoms. The van der Waals surface area contributed by atoms with Gasteiger partial charge in [-0.3, -0.25) is 9.78 Å². The number of aromatic amines is 1. The minimum absolute atomic E-state index is 0.0341. The van der Waals surface area contributed by atoms with Crippen molar-refractivity contribution in [2.75, 3.05) is 6.54 Å². The number of aromatic nitrogens is 5. The molecule has 0 bridgehead atoms. The van der Waals surface area contributed by atoms with Crippen molar-refractivity contribution in [1.29, 1.82) is 0 Å². The maximum Gasteiger partial charge on any atom is 0.256 e. The molecular formula is C16H16N6O. The Bertz CT molecular complexity index is 860. The normalized spacial score (nSPS) is 17.8. The molecule has 116 valence electrons. The molecule has 23 heavy (non-hydrogen) atoms. The van der Waals surface area contributed by atoms with E-state index in [1.165, 1.54) is 0 Å². The maximum absolute atomic E-state index is 12.9. The van der Waals surface area contributed by atoms with Gasteiger partial charge in [0.2, 0.25) is 0 Å². The first-order chi connectivity index (χ1) is 11.2. The minimum Gasteiger partial charge on any atom is -0.328 e. The third-order valence-corrected chi connectivity index (χ3v) is 4.26. The number of rotatable bonds is 2. The van der Waals surface area contributed by atoms with Crippen LogP contribution in [0.15, 0.2) is 30.5 Å². The van der Waals surface area contributed by atoms with Crippen LogP contribution in [-0.4, -0.2) is 43.0 Å². The summed E-state index contributed by atoms with van der Waals surface area (Å²) in [5.74, 6) is 0.536. The number of aryl methyl sites for hydroxylation is 1. The predicted molar refractivity (Wildman–Crippen MR) is 83.7 cm³/mol. The van der Waals surface area contributed by atoms with Crippen molar-refractivity contribution >= 4 is 16.8 Å². The van der Waals surface area contributed by atoms with Gasteiger partial charge in [-0.25, -0.2) is 0 Å². The number of pyridine rings is 1.